The third kappa shape index (κ3) is 4.72. The number of carbonyl (C=O) groups is 2. The first-order valence-corrected chi connectivity index (χ1v) is 13.3. The van der Waals surface area contributed by atoms with Crippen LogP contribution in [0.4, 0.5) is 11.4 Å². The highest BCUT2D eigenvalue weighted by atomic mass is 32.1. The average Bonchev–Trinajstić information content (AvgIpc) is 3.16. The van der Waals surface area contributed by atoms with Gasteiger partial charge in [0, 0.05) is 17.1 Å². The number of benzene rings is 3. The van der Waals surface area contributed by atoms with Crippen molar-refractivity contribution in [1.29, 1.82) is 0 Å². The Kier molecular flexibility index (Phi) is 6.83. The van der Waals surface area contributed by atoms with Crippen LogP contribution in [0.5, 0.6) is 0 Å². The lowest BCUT2D eigenvalue weighted by Gasteiger charge is -2.36. The maximum atomic E-state index is 14.0. The zero-order valence-electron chi connectivity index (χ0n) is 23.1. The Bertz CT molecular complexity index is 1660. The third-order valence-corrected chi connectivity index (χ3v) is 7.61. The number of rotatable bonds is 4. The SMILES string of the molecule is Cc1cc(C)cc(-n2c(C)cc(/C=C3/C(=O)N(c4ccccc4)C(=S)N(c4ccc(C)c(C)c4)C3=O)c2C)c1. The number of hydrogen-bond acceptors (Lipinski definition) is 3. The molecule has 6 heteroatoms. The van der Waals surface area contributed by atoms with Crippen molar-refractivity contribution in [2.45, 2.75) is 41.5 Å². The van der Waals surface area contributed by atoms with E-state index in [1.807, 2.05) is 82.3 Å². The fraction of sp³-hybridized carbons (Fsp3) is 0.182. The molecule has 0 spiro atoms. The molecular weight excluding hydrogens is 502 g/mol. The summed E-state index contributed by atoms with van der Waals surface area (Å²) in [7, 11) is 0. The van der Waals surface area contributed by atoms with E-state index < -0.39 is 11.8 Å². The van der Waals surface area contributed by atoms with Gasteiger partial charge in [0.25, 0.3) is 11.8 Å². The second-order valence-electron chi connectivity index (χ2n) is 10.2. The van der Waals surface area contributed by atoms with Crippen molar-refractivity contribution in [2.24, 2.45) is 0 Å². The summed E-state index contributed by atoms with van der Waals surface area (Å²) < 4.78 is 2.16. The van der Waals surface area contributed by atoms with Crippen LogP contribution in [0, 0.1) is 41.5 Å². The van der Waals surface area contributed by atoms with Crippen molar-refractivity contribution in [2.75, 3.05) is 9.80 Å². The van der Waals surface area contributed by atoms with Crippen LogP contribution in [0.15, 0.2) is 78.4 Å². The second kappa shape index (κ2) is 10.1. The number of aromatic nitrogens is 1. The van der Waals surface area contributed by atoms with E-state index in [2.05, 4.69) is 36.6 Å². The molecule has 1 aliphatic rings. The molecule has 0 bridgehead atoms. The van der Waals surface area contributed by atoms with Crippen LogP contribution in [-0.2, 0) is 9.59 Å². The van der Waals surface area contributed by atoms with Crippen LogP contribution in [0.1, 0.15) is 39.2 Å². The van der Waals surface area contributed by atoms with Gasteiger partial charge in [0.05, 0.1) is 11.4 Å². The molecule has 1 saturated heterocycles. The van der Waals surface area contributed by atoms with E-state index in [4.69, 9.17) is 12.2 Å². The van der Waals surface area contributed by atoms with E-state index in [9.17, 15) is 9.59 Å². The number of thiocarbonyl (C=S) groups is 1. The van der Waals surface area contributed by atoms with Crippen LogP contribution >= 0.6 is 12.2 Å². The molecule has 0 aliphatic carbocycles. The summed E-state index contributed by atoms with van der Waals surface area (Å²) in [6.07, 6.45) is 1.71. The first kappa shape index (κ1) is 26.3. The zero-order chi connectivity index (χ0) is 28.0. The molecule has 0 radical (unpaired) electrons. The summed E-state index contributed by atoms with van der Waals surface area (Å²) in [5, 5.41) is 0.136. The van der Waals surface area contributed by atoms with Crippen molar-refractivity contribution in [3.05, 3.63) is 118 Å². The molecule has 1 aliphatic heterocycles. The maximum absolute atomic E-state index is 14.0. The van der Waals surface area contributed by atoms with Crippen molar-refractivity contribution in [3.63, 3.8) is 0 Å². The van der Waals surface area contributed by atoms with E-state index in [1.165, 1.54) is 20.9 Å². The summed E-state index contributed by atoms with van der Waals surface area (Å²) in [6.45, 7) is 12.2. The summed E-state index contributed by atoms with van der Waals surface area (Å²) in [5.41, 5.74) is 9.62. The first-order valence-electron chi connectivity index (χ1n) is 12.9. The Morgan fingerprint density at radius 1 is 0.641 bits per heavy atom. The molecule has 39 heavy (non-hydrogen) atoms. The fourth-order valence-corrected chi connectivity index (χ4v) is 5.57. The van der Waals surface area contributed by atoms with Crippen LogP contribution in [0.25, 0.3) is 11.8 Å². The lowest BCUT2D eigenvalue weighted by Crippen LogP contribution is -2.57. The summed E-state index contributed by atoms with van der Waals surface area (Å²) in [4.78, 5) is 30.8. The molecule has 1 aromatic heterocycles. The highest BCUT2D eigenvalue weighted by molar-refractivity contribution is 7.81. The van der Waals surface area contributed by atoms with Crippen molar-refractivity contribution in [1.82, 2.24) is 4.57 Å². The molecule has 0 N–H and O–H groups in total. The van der Waals surface area contributed by atoms with E-state index >= 15 is 0 Å². The normalized spacial score (nSPS) is 15.0. The van der Waals surface area contributed by atoms with Gasteiger partial charge in [-0.15, -0.1) is 0 Å². The van der Waals surface area contributed by atoms with Gasteiger partial charge in [0.2, 0.25) is 0 Å². The molecule has 5 nitrogen and oxygen atoms in total. The molecule has 196 valence electrons. The molecule has 0 unspecified atom stereocenters. The number of anilines is 2. The van der Waals surface area contributed by atoms with Gasteiger partial charge in [0.15, 0.2) is 5.11 Å². The largest absolute Gasteiger partial charge is 0.318 e. The Labute approximate surface area is 235 Å². The molecule has 2 amide bonds. The van der Waals surface area contributed by atoms with Crippen LogP contribution in [0.3, 0.4) is 0 Å². The highest BCUT2D eigenvalue weighted by Crippen LogP contribution is 2.32. The molecule has 1 fully saturated rings. The van der Waals surface area contributed by atoms with Gasteiger partial charge in [-0.2, -0.15) is 0 Å². The number of hydrogen-bond donors (Lipinski definition) is 0. The Morgan fingerprint density at radius 2 is 1.26 bits per heavy atom. The first-order chi connectivity index (χ1) is 18.6. The zero-order valence-corrected chi connectivity index (χ0v) is 23.9. The fourth-order valence-electron chi connectivity index (χ4n) is 5.19. The minimum absolute atomic E-state index is 0.0614. The second-order valence-corrected chi connectivity index (χ2v) is 10.6. The van der Waals surface area contributed by atoms with E-state index in [0.29, 0.717) is 11.4 Å². The molecule has 0 atom stereocenters. The number of para-hydroxylation sites is 1. The van der Waals surface area contributed by atoms with Gasteiger partial charge in [-0.3, -0.25) is 19.4 Å². The predicted octanol–water partition coefficient (Wildman–Crippen LogP) is 7.08. The number of carbonyl (C=O) groups excluding carboxylic acids is 2. The Balaban J connectivity index is 1.67. The summed E-state index contributed by atoms with van der Waals surface area (Å²) in [6, 6.07) is 23.4. The maximum Gasteiger partial charge on any atom is 0.270 e. The average molecular weight is 534 g/mol. The predicted molar refractivity (Wildman–Crippen MR) is 163 cm³/mol. The van der Waals surface area contributed by atoms with E-state index in [0.717, 1.165) is 33.8 Å². The van der Waals surface area contributed by atoms with Crippen molar-refractivity contribution in [3.8, 4) is 5.69 Å². The molecule has 0 saturated carbocycles. The molecular formula is C33H31N3O2S. The monoisotopic (exact) mass is 533 g/mol. The van der Waals surface area contributed by atoms with Gasteiger partial charge >= 0.3 is 0 Å². The van der Waals surface area contributed by atoms with Crippen molar-refractivity contribution >= 4 is 46.6 Å². The standard InChI is InChI=1S/C33H31N3O2S/c1-20-14-21(2)16-29(15-20)34-24(5)18-26(25(34)6)19-30-31(37)35(27-10-8-7-9-11-27)33(39)36(32(30)38)28-13-12-22(3)23(4)17-28/h7-19H,1-6H3/b30-19-. The van der Waals surface area contributed by atoms with Gasteiger partial charge in [0.1, 0.15) is 5.57 Å². The lowest BCUT2D eigenvalue weighted by atomic mass is 10.0. The van der Waals surface area contributed by atoms with Crippen molar-refractivity contribution < 1.29 is 9.59 Å². The third-order valence-electron chi connectivity index (χ3n) is 7.25. The van der Waals surface area contributed by atoms with Gasteiger partial charge in [-0.05, 0) is 130 Å². The minimum Gasteiger partial charge on any atom is -0.318 e. The lowest BCUT2D eigenvalue weighted by molar-refractivity contribution is -0.120. The number of nitrogens with zero attached hydrogens (tertiary/aromatic N) is 3. The Morgan fingerprint density at radius 3 is 1.87 bits per heavy atom. The summed E-state index contributed by atoms with van der Waals surface area (Å²) >= 11 is 5.78. The van der Waals surface area contributed by atoms with Gasteiger partial charge < -0.3 is 4.57 Å². The van der Waals surface area contributed by atoms with Gasteiger partial charge in [-0.25, -0.2) is 0 Å². The number of amides is 2. The van der Waals surface area contributed by atoms with Gasteiger partial charge in [-0.1, -0.05) is 30.3 Å². The smallest absolute Gasteiger partial charge is 0.270 e. The quantitative estimate of drug-likeness (QED) is 0.160. The minimum atomic E-state index is -0.438. The van der Waals surface area contributed by atoms with Crippen LogP contribution in [-0.4, -0.2) is 21.5 Å². The Hall–Kier alpha value is -4.29. The topological polar surface area (TPSA) is 45.6 Å². The van der Waals surface area contributed by atoms with Crippen LogP contribution in [0.2, 0.25) is 0 Å². The van der Waals surface area contributed by atoms with E-state index in [1.54, 1.807) is 6.08 Å². The molecule has 4 aromatic rings. The molecule has 5 rings (SSSR count). The van der Waals surface area contributed by atoms with E-state index in [-0.39, 0.29) is 10.7 Å². The highest BCUT2D eigenvalue weighted by Gasteiger charge is 2.41. The molecule has 2 heterocycles. The summed E-state index contributed by atoms with van der Waals surface area (Å²) in [5.74, 6) is -0.871. The van der Waals surface area contributed by atoms with Crippen LogP contribution < -0.4 is 9.80 Å². The molecule has 3 aromatic carbocycles. The number of aryl methyl sites for hydroxylation is 5.